The molecule has 0 radical (unpaired) electrons. The van der Waals surface area contributed by atoms with Gasteiger partial charge in [-0.1, -0.05) is 12.1 Å². The van der Waals surface area contributed by atoms with E-state index >= 15 is 0 Å². The van der Waals surface area contributed by atoms with Gasteiger partial charge in [-0.3, -0.25) is 4.79 Å². The van der Waals surface area contributed by atoms with E-state index in [0.29, 0.717) is 0 Å². The average molecular weight is 283 g/mol. The fourth-order valence-electron chi connectivity index (χ4n) is 2.98. The Morgan fingerprint density at radius 3 is 2.52 bits per heavy atom. The molecule has 1 aliphatic rings. The van der Waals surface area contributed by atoms with Crippen LogP contribution in [0.4, 0.5) is 0 Å². The Kier molecular flexibility index (Phi) is 3.37. The second-order valence-electron chi connectivity index (χ2n) is 5.49. The van der Waals surface area contributed by atoms with E-state index in [2.05, 4.69) is 12.1 Å². The lowest BCUT2D eigenvalue weighted by molar-refractivity contribution is 0.0694. The predicted octanol–water partition coefficient (Wildman–Crippen LogP) is 2.63. The summed E-state index contributed by atoms with van der Waals surface area (Å²) in [6.07, 6.45) is 4.63. The van der Waals surface area contributed by atoms with Crippen LogP contribution < -0.4 is 5.56 Å². The quantitative estimate of drug-likeness (QED) is 0.921. The molecule has 0 atom stereocenters. The van der Waals surface area contributed by atoms with Crippen LogP contribution in [0.15, 0.2) is 35.1 Å². The van der Waals surface area contributed by atoms with Crippen molar-refractivity contribution in [3.63, 3.8) is 0 Å². The van der Waals surface area contributed by atoms with Crippen molar-refractivity contribution in [3.05, 3.63) is 57.4 Å². The summed E-state index contributed by atoms with van der Waals surface area (Å²) < 4.78 is 1.41. The number of hydrogen-bond acceptors (Lipinski definition) is 2. The van der Waals surface area contributed by atoms with Gasteiger partial charge in [-0.25, -0.2) is 4.79 Å². The zero-order chi connectivity index (χ0) is 15.0. The van der Waals surface area contributed by atoms with Crippen molar-refractivity contribution in [2.75, 3.05) is 0 Å². The number of pyridine rings is 1. The third-order valence-corrected chi connectivity index (χ3v) is 4.18. The first-order valence-electron chi connectivity index (χ1n) is 7.13. The van der Waals surface area contributed by atoms with Gasteiger partial charge >= 0.3 is 5.97 Å². The molecule has 0 saturated carbocycles. The minimum atomic E-state index is -1.19. The molecule has 1 aromatic carbocycles. The van der Waals surface area contributed by atoms with Gasteiger partial charge < -0.3 is 9.67 Å². The maximum atomic E-state index is 12.1. The molecule has 0 aliphatic heterocycles. The van der Waals surface area contributed by atoms with E-state index in [4.69, 9.17) is 5.11 Å². The molecule has 0 bridgehead atoms. The summed E-state index contributed by atoms with van der Waals surface area (Å²) in [6, 6.07) is 9.36. The molecule has 3 rings (SSSR count). The SMILES string of the molecule is Cn1c(-c2ccc3c(c2)CCCC3)ccc(C(=O)O)c1=O. The van der Waals surface area contributed by atoms with Crippen LogP contribution in [-0.4, -0.2) is 15.6 Å². The Labute approximate surface area is 122 Å². The maximum absolute atomic E-state index is 12.1. The van der Waals surface area contributed by atoms with Gasteiger partial charge in [0.05, 0.1) is 5.69 Å². The molecule has 0 saturated heterocycles. The number of aryl methyl sites for hydroxylation is 2. The molecule has 1 aromatic heterocycles. The third-order valence-electron chi connectivity index (χ3n) is 4.18. The Morgan fingerprint density at radius 2 is 1.81 bits per heavy atom. The Morgan fingerprint density at radius 1 is 1.10 bits per heavy atom. The second kappa shape index (κ2) is 5.20. The number of aromatic nitrogens is 1. The van der Waals surface area contributed by atoms with E-state index in [-0.39, 0.29) is 5.56 Å². The number of benzene rings is 1. The van der Waals surface area contributed by atoms with Gasteiger partial charge in [-0.15, -0.1) is 0 Å². The molecule has 21 heavy (non-hydrogen) atoms. The fraction of sp³-hybridized carbons (Fsp3) is 0.294. The van der Waals surface area contributed by atoms with Gasteiger partial charge in [-0.05, 0) is 60.6 Å². The summed E-state index contributed by atoms with van der Waals surface area (Å²) in [4.78, 5) is 23.1. The number of carbonyl (C=O) groups is 1. The van der Waals surface area contributed by atoms with Crippen LogP contribution in [0.5, 0.6) is 0 Å². The van der Waals surface area contributed by atoms with Gasteiger partial charge in [-0.2, -0.15) is 0 Å². The molecule has 108 valence electrons. The Hall–Kier alpha value is -2.36. The molecule has 1 aliphatic carbocycles. The van der Waals surface area contributed by atoms with Crippen LogP contribution in [0.3, 0.4) is 0 Å². The van der Waals surface area contributed by atoms with Gasteiger partial charge in [0.15, 0.2) is 0 Å². The highest BCUT2D eigenvalue weighted by Crippen LogP contribution is 2.26. The standard InChI is InChI=1S/C17H17NO3/c1-18-15(9-8-14(16(18)19)17(20)21)13-7-6-11-4-2-3-5-12(11)10-13/h6-10H,2-5H2,1H3,(H,20,21). The monoisotopic (exact) mass is 283 g/mol. The predicted molar refractivity (Wildman–Crippen MR) is 80.7 cm³/mol. The molecule has 4 heteroatoms. The molecule has 0 fully saturated rings. The normalized spacial score (nSPS) is 13.8. The highest BCUT2D eigenvalue weighted by Gasteiger charge is 2.15. The van der Waals surface area contributed by atoms with Crippen molar-refractivity contribution in [2.24, 2.45) is 7.05 Å². The maximum Gasteiger partial charge on any atom is 0.341 e. The summed E-state index contributed by atoms with van der Waals surface area (Å²) >= 11 is 0. The topological polar surface area (TPSA) is 59.3 Å². The number of nitrogens with zero attached hydrogens (tertiary/aromatic N) is 1. The first kappa shape index (κ1) is 13.6. The molecule has 0 spiro atoms. The van der Waals surface area contributed by atoms with Crippen molar-refractivity contribution < 1.29 is 9.90 Å². The van der Waals surface area contributed by atoms with Gasteiger partial charge in [0.2, 0.25) is 0 Å². The van der Waals surface area contributed by atoms with Crippen LogP contribution in [0, 0.1) is 0 Å². The van der Waals surface area contributed by atoms with E-state index in [1.165, 1.54) is 34.6 Å². The second-order valence-corrected chi connectivity index (χ2v) is 5.49. The number of carboxylic acid groups (broad SMARTS) is 1. The van der Waals surface area contributed by atoms with Crippen LogP contribution in [0.1, 0.15) is 34.3 Å². The minimum Gasteiger partial charge on any atom is -0.477 e. The minimum absolute atomic E-state index is 0.195. The Balaban J connectivity index is 2.11. The molecule has 4 nitrogen and oxygen atoms in total. The molecular formula is C17H17NO3. The van der Waals surface area contributed by atoms with E-state index in [9.17, 15) is 9.59 Å². The highest BCUT2D eigenvalue weighted by atomic mass is 16.4. The average Bonchev–Trinajstić information content (AvgIpc) is 2.49. The van der Waals surface area contributed by atoms with Crippen LogP contribution >= 0.6 is 0 Å². The Bertz CT molecular complexity index is 774. The van der Waals surface area contributed by atoms with Crippen molar-refractivity contribution in [1.29, 1.82) is 0 Å². The molecule has 2 aromatic rings. The molecule has 1 heterocycles. The van der Waals surface area contributed by atoms with Crippen molar-refractivity contribution in [1.82, 2.24) is 4.57 Å². The summed E-state index contributed by atoms with van der Waals surface area (Å²) in [5, 5.41) is 9.00. The highest BCUT2D eigenvalue weighted by molar-refractivity contribution is 5.87. The number of aromatic carboxylic acids is 1. The first-order chi connectivity index (χ1) is 10.1. The molecule has 0 amide bonds. The number of fused-ring (bicyclic) bond motifs is 1. The number of carboxylic acids is 1. The van der Waals surface area contributed by atoms with Gasteiger partial charge in [0.25, 0.3) is 5.56 Å². The molecule has 1 N–H and O–H groups in total. The van der Waals surface area contributed by atoms with Gasteiger partial charge in [0.1, 0.15) is 5.56 Å². The summed E-state index contributed by atoms with van der Waals surface area (Å²) in [5.41, 5.74) is 3.77. The lowest BCUT2D eigenvalue weighted by Gasteiger charge is -2.17. The zero-order valence-electron chi connectivity index (χ0n) is 11.9. The van der Waals surface area contributed by atoms with Crippen molar-refractivity contribution in [3.8, 4) is 11.3 Å². The first-order valence-corrected chi connectivity index (χ1v) is 7.13. The molecule has 0 unspecified atom stereocenters. The number of hydrogen-bond donors (Lipinski definition) is 1. The zero-order valence-corrected chi connectivity index (χ0v) is 11.9. The van der Waals surface area contributed by atoms with Crippen LogP contribution in [0.2, 0.25) is 0 Å². The molecular weight excluding hydrogens is 266 g/mol. The summed E-state index contributed by atoms with van der Waals surface area (Å²) in [6.45, 7) is 0. The smallest absolute Gasteiger partial charge is 0.341 e. The van der Waals surface area contributed by atoms with E-state index < -0.39 is 11.5 Å². The summed E-state index contributed by atoms with van der Waals surface area (Å²) in [7, 11) is 1.61. The van der Waals surface area contributed by atoms with E-state index in [0.717, 1.165) is 24.1 Å². The fourth-order valence-corrected chi connectivity index (χ4v) is 2.98. The third kappa shape index (κ3) is 2.37. The largest absolute Gasteiger partial charge is 0.477 e. The van der Waals surface area contributed by atoms with Crippen LogP contribution in [0.25, 0.3) is 11.3 Å². The van der Waals surface area contributed by atoms with Crippen molar-refractivity contribution in [2.45, 2.75) is 25.7 Å². The number of rotatable bonds is 2. The van der Waals surface area contributed by atoms with Crippen LogP contribution in [-0.2, 0) is 19.9 Å². The van der Waals surface area contributed by atoms with Crippen molar-refractivity contribution >= 4 is 5.97 Å². The summed E-state index contributed by atoms with van der Waals surface area (Å²) in [5.74, 6) is -1.19. The lowest BCUT2D eigenvalue weighted by atomic mass is 9.90. The lowest BCUT2D eigenvalue weighted by Crippen LogP contribution is -2.25. The van der Waals surface area contributed by atoms with E-state index in [1.54, 1.807) is 13.1 Å². The van der Waals surface area contributed by atoms with E-state index in [1.807, 2.05) is 6.07 Å². The van der Waals surface area contributed by atoms with Gasteiger partial charge in [0, 0.05) is 7.05 Å².